The molecule has 0 radical (unpaired) electrons. The van der Waals surface area contributed by atoms with Gasteiger partial charge in [-0.1, -0.05) is 24.3 Å². The molecule has 0 saturated carbocycles. The van der Waals surface area contributed by atoms with Crippen molar-refractivity contribution in [1.82, 2.24) is 9.88 Å². The molecule has 2 unspecified atom stereocenters. The number of carboxylic acid groups (broad SMARTS) is 1. The molecule has 6 nitrogen and oxygen atoms in total. The number of ketones is 1. The number of benzene rings is 2. The molecule has 0 amide bonds. The van der Waals surface area contributed by atoms with E-state index in [2.05, 4.69) is 41.2 Å². The van der Waals surface area contributed by atoms with Gasteiger partial charge in [0.15, 0.2) is 5.78 Å². The van der Waals surface area contributed by atoms with Gasteiger partial charge in [-0.15, -0.1) is 0 Å². The van der Waals surface area contributed by atoms with Gasteiger partial charge in [-0.05, 0) is 42.3 Å². The number of nitrogens with one attached hydrogen (secondary N) is 1. The highest BCUT2D eigenvalue weighted by Crippen LogP contribution is 2.42. The number of Topliss-reactive ketones (excluding diaryl/α,β-unsaturated/α-hetero) is 1. The van der Waals surface area contributed by atoms with Crippen LogP contribution in [-0.4, -0.2) is 45.4 Å². The SMILES string of the molecule is CC(c1c[nH]c2ccccc12)N1CCC2(CC(=O)c3cc(/C=C/C(=O)O)ccc3O2)C1. The molecular formula is C25H24N2O4. The standard InChI is InChI=1S/C25H24N2O4/c1-16(20-14-26-21-5-3-2-4-18(20)21)27-11-10-25(15-27)13-22(28)19-12-17(7-9-24(29)30)6-8-23(19)31-25/h2-9,12,14,16,26H,10-11,13,15H2,1H3,(H,29,30)/b9-7+. The summed E-state index contributed by atoms with van der Waals surface area (Å²) in [5, 5.41) is 10.0. The number of carboxylic acids is 1. The minimum absolute atomic E-state index is 0.0495. The van der Waals surface area contributed by atoms with Gasteiger partial charge in [-0.2, -0.15) is 0 Å². The molecule has 1 aromatic heterocycles. The smallest absolute Gasteiger partial charge is 0.328 e. The maximum absolute atomic E-state index is 13.0. The van der Waals surface area contributed by atoms with Gasteiger partial charge in [0.25, 0.3) is 0 Å². The lowest BCUT2D eigenvalue weighted by molar-refractivity contribution is -0.131. The first kappa shape index (κ1) is 19.6. The van der Waals surface area contributed by atoms with Crippen LogP contribution in [0.15, 0.2) is 54.7 Å². The van der Waals surface area contributed by atoms with Crippen LogP contribution < -0.4 is 4.74 Å². The van der Waals surface area contributed by atoms with Crippen LogP contribution in [0.2, 0.25) is 0 Å². The summed E-state index contributed by atoms with van der Waals surface area (Å²) in [7, 11) is 0. The van der Waals surface area contributed by atoms with Gasteiger partial charge >= 0.3 is 5.97 Å². The summed E-state index contributed by atoms with van der Waals surface area (Å²) in [5.41, 5.74) is 3.08. The van der Waals surface area contributed by atoms with Crippen LogP contribution in [0.5, 0.6) is 5.75 Å². The third-order valence-corrected chi connectivity index (χ3v) is 6.50. The molecule has 6 heteroatoms. The van der Waals surface area contributed by atoms with Gasteiger partial charge < -0.3 is 14.8 Å². The van der Waals surface area contributed by atoms with E-state index in [4.69, 9.17) is 9.84 Å². The van der Waals surface area contributed by atoms with Gasteiger partial charge in [0.05, 0.1) is 12.0 Å². The van der Waals surface area contributed by atoms with Crippen molar-refractivity contribution in [1.29, 1.82) is 0 Å². The average molecular weight is 416 g/mol. The molecule has 31 heavy (non-hydrogen) atoms. The molecule has 1 fully saturated rings. The van der Waals surface area contributed by atoms with Crippen molar-refractivity contribution >= 4 is 28.7 Å². The number of aromatic amines is 1. The Morgan fingerprint density at radius 1 is 1.29 bits per heavy atom. The Morgan fingerprint density at radius 3 is 2.97 bits per heavy atom. The highest BCUT2D eigenvalue weighted by molar-refractivity contribution is 6.01. The molecule has 0 aliphatic carbocycles. The molecule has 3 aromatic rings. The molecule has 158 valence electrons. The maximum Gasteiger partial charge on any atom is 0.328 e. The van der Waals surface area contributed by atoms with E-state index in [1.54, 1.807) is 18.2 Å². The molecule has 2 aliphatic heterocycles. The molecular weight excluding hydrogens is 392 g/mol. The molecule has 3 heterocycles. The third kappa shape index (κ3) is 3.53. The normalized spacial score (nSPS) is 22.2. The van der Waals surface area contributed by atoms with Crippen LogP contribution in [0.1, 0.15) is 47.3 Å². The van der Waals surface area contributed by atoms with Crippen molar-refractivity contribution in [3.63, 3.8) is 0 Å². The number of carbonyl (C=O) groups excluding carboxylic acids is 1. The number of H-pyrrole nitrogens is 1. The molecule has 1 saturated heterocycles. The largest absolute Gasteiger partial charge is 0.485 e. The minimum atomic E-state index is -1.02. The average Bonchev–Trinajstić information content (AvgIpc) is 3.36. The molecule has 2 aromatic carbocycles. The predicted octanol–water partition coefficient (Wildman–Crippen LogP) is 4.44. The Bertz CT molecular complexity index is 1210. The Hall–Kier alpha value is -3.38. The number of aromatic nitrogens is 1. The first-order chi connectivity index (χ1) is 14.9. The van der Waals surface area contributed by atoms with E-state index in [-0.39, 0.29) is 11.8 Å². The summed E-state index contributed by atoms with van der Waals surface area (Å²) in [6, 6.07) is 13.8. The first-order valence-corrected chi connectivity index (χ1v) is 10.5. The van der Waals surface area contributed by atoms with E-state index in [0.717, 1.165) is 24.6 Å². The highest BCUT2D eigenvalue weighted by atomic mass is 16.5. The van der Waals surface area contributed by atoms with Gasteiger partial charge in [-0.3, -0.25) is 9.69 Å². The van der Waals surface area contributed by atoms with Crippen LogP contribution in [-0.2, 0) is 4.79 Å². The fraction of sp³-hybridized carbons (Fsp3) is 0.280. The second-order valence-corrected chi connectivity index (χ2v) is 8.50. The molecule has 5 rings (SSSR count). The fourth-order valence-corrected chi connectivity index (χ4v) is 4.85. The number of nitrogens with zero attached hydrogens (tertiary/aromatic N) is 1. The van der Waals surface area contributed by atoms with Gasteiger partial charge in [0, 0.05) is 48.7 Å². The topological polar surface area (TPSA) is 82.6 Å². The van der Waals surface area contributed by atoms with E-state index in [1.165, 1.54) is 17.0 Å². The number of likely N-dealkylation sites (tertiary alicyclic amines) is 1. The van der Waals surface area contributed by atoms with E-state index < -0.39 is 11.6 Å². The van der Waals surface area contributed by atoms with Crippen LogP contribution >= 0.6 is 0 Å². The number of hydrogen-bond acceptors (Lipinski definition) is 4. The highest BCUT2D eigenvalue weighted by Gasteiger charge is 2.46. The molecule has 2 atom stereocenters. The van der Waals surface area contributed by atoms with Crippen molar-refractivity contribution in [3.8, 4) is 5.75 Å². The molecule has 0 bridgehead atoms. The number of rotatable bonds is 4. The summed E-state index contributed by atoms with van der Waals surface area (Å²) in [6.07, 6.45) is 5.77. The molecule has 1 spiro atoms. The van der Waals surface area contributed by atoms with Gasteiger partial charge in [-0.25, -0.2) is 4.79 Å². The second kappa shape index (κ2) is 7.39. The van der Waals surface area contributed by atoms with Crippen molar-refractivity contribution < 1.29 is 19.4 Å². The van der Waals surface area contributed by atoms with Gasteiger partial charge in [0.2, 0.25) is 0 Å². The summed E-state index contributed by atoms with van der Waals surface area (Å²) in [5.74, 6) is -0.381. The zero-order chi connectivity index (χ0) is 21.6. The van der Waals surface area contributed by atoms with Crippen molar-refractivity contribution in [2.45, 2.75) is 31.4 Å². The van der Waals surface area contributed by atoms with Crippen molar-refractivity contribution in [2.75, 3.05) is 13.1 Å². The van der Waals surface area contributed by atoms with Crippen LogP contribution in [0.25, 0.3) is 17.0 Å². The van der Waals surface area contributed by atoms with Crippen molar-refractivity contribution in [3.05, 3.63) is 71.4 Å². The zero-order valence-electron chi connectivity index (χ0n) is 17.3. The summed E-state index contributed by atoms with van der Waals surface area (Å²) in [4.78, 5) is 29.5. The zero-order valence-corrected chi connectivity index (χ0v) is 17.3. The lowest BCUT2D eigenvalue weighted by Crippen LogP contribution is -2.44. The Kier molecular flexibility index (Phi) is 4.67. The molecule has 2 N–H and O–H groups in total. The minimum Gasteiger partial charge on any atom is -0.485 e. The van der Waals surface area contributed by atoms with E-state index in [1.807, 2.05) is 6.07 Å². The number of fused-ring (bicyclic) bond motifs is 2. The predicted molar refractivity (Wildman–Crippen MR) is 118 cm³/mol. The number of para-hydroxylation sites is 1. The monoisotopic (exact) mass is 416 g/mol. The summed E-state index contributed by atoms with van der Waals surface area (Å²) < 4.78 is 6.41. The quantitative estimate of drug-likeness (QED) is 0.615. The van der Waals surface area contributed by atoms with Crippen LogP contribution in [0.4, 0.5) is 0 Å². The van der Waals surface area contributed by atoms with Gasteiger partial charge in [0.1, 0.15) is 11.4 Å². The fourth-order valence-electron chi connectivity index (χ4n) is 4.85. The lowest BCUT2D eigenvalue weighted by Gasteiger charge is -2.35. The Balaban J connectivity index is 1.37. The number of aliphatic carboxylic acids is 1. The lowest BCUT2D eigenvalue weighted by atomic mass is 9.88. The Labute approximate surface area is 180 Å². The second-order valence-electron chi connectivity index (χ2n) is 8.50. The third-order valence-electron chi connectivity index (χ3n) is 6.50. The Morgan fingerprint density at radius 2 is 2.13 bits per heavy atom. The van der Waals surface area contributed by atoms with E-state index in [9.17, 15) is 9.59 Å². The number of carbonyl (C=O) groups is 2. The van der Waals surface area contributed by atoms with E-state index in [0.29, 0.717) is 29.8 Å². The van der Waals surface area contributed by atoms with Crippen molar-refractivity contribution in [2.24, 2.45) is 0 Å². The maximum atomic E-state index is 13.0. The number of ether oxygens (including phenoxy) is 1. The van der Waals surface area contributed by atoms with Crippen LogP contribution in [0.3, 0.4) is 0 Å². The molecule has 2 aliphatic rings. The van der Waals surface area contributed by atoms with E-state index >= 15 is 0 Å². The summed E-state index contributed by atoms with van der Waals surface area (Å²) in [6.45, 7) is 3.76. The van der Waals surface area contributed by atoms with Crippen LogP contribution in [0, 0.1) is 0 Å². The number of hydrogen-bond donors (Lipinski definition) is 2. The summed E-state index contributed by atoms with van der Waals surface area (Å²) >= 11 is 0. The first-order valence-electron chi connectivity index (χ1n) is 10.5.